The molecule has 1 aliphatic heterocycles. The first kappa shape index (κ1) is 18.7. The van der Waals surface area contributed by atoms with Gasteiger partial charge in [0.15, 0.2) is 0 Å². The zero-order valence-electron chi connectivity index (χ0n) is 13.8. The van der Waals surface area contributed by atoms with Crippen molar-refractivity contribution in [3.63, 3.8) is 0 Å². The van der Waals surface area contributed by atoms with Crippen molar-refractivity contribution in [2.45, 2.75) is 77.6 Å². The molecule has 0 saturated carbocycles. The van der Waals surface area contributed by atoms with Gasteiger partial charge in [-0.2, -0.15) is 0 Å². The van der Waals surface area contributed by atoms with Crippen LogP contribution < -0.4 is 0 Å². The highest BCUT2D eigenvalue weighted by atomic mass is 16.6. The minimum atomic E-state index is -0.839. The summed E-state index contributed by atoms with van der Waals surface area (Å²) in [4.78, 5) is 23.5. The normalized spacial score (nSPS) is 31.2. The van der Waals surface area contributed by atoms with Crippen molar-refractivity contribution in [2.75, 3.05) is 0 Å². The molecule has 1 N–H and O–H groups in total. The molecule has 1 aliphatic rings. The van der Waals surface area contributed by atoms with Gasteiger partial charge in [-0.15, -0.1) is 0 Å². The zero-order chi connectivity index (χ0) is 16.5. The third kappa shape index (κ3) is 6.18. The summed E-state index contributed by atoms with van der Waals surface area (Å²) in [6, 6.07) is 0. The Hall–Kier alpha value is -1.36. The molecule has 0 bridgehead atoms. The maximum Gasteiger partial charge on any atom is 0.312 e. The van der Waals surface area contributed by atoms with E-state index in [4.69, 9.17) is 9.47 Å². The van der Waals surface area contributed by atoms with Gasteiger partial charge in [0.05, 0.1) is 12.0 Å². The van der Waals surface area contributed by atoms with E-state index in [2.05, 4.69) is 6.92 Å². The topological polar surface area (TPSA) is 72.8 Å². The summed E-state index contributed by atoms with van der Waals surface area (Å²) >= 11 is 0. The van der Waals surface area contributed by atoms with Crippen molar-refractivity contribution in [2.24, 2.45) is 5.92 Å². The third-order valence-corrected chi connectivity index (χ3v) is 3.93. The highest BCUT2D eigenvalue weighted by Crippen LogP contribution is 2.22. The first-order valence-electron chi connectivity index (χ1n) is 8.18. The molecule has 0 radical (unpaired) electrons. The van der Waals surface area contributed by atoms with Gasteiger partial charge in [-0.25, -0.2) is 0 Å². The van der Waals surface area contributed by atoms with E-state index in [0.717, 1.165) is 19.3 Å². The minimum Gasteiger partial charge on any atom is -0.459 e. The van der Waals surface area contributed by atoms with Gasteiger partial charge in [0, 0.05) is 6.92 Å². The quantitative estimate of drug-likeness (QED) is 0.480. The summed E-state index contributed by atoms with van der Waals surface area (Å²) in [5, 5.41) is 9.91. The lowest BCUT2D eigenvalue weighted by Crippen LogP contribution is -2.38. The fourth-order valence-corrected chi connectivity index (χ4v) is 2.51. The van der Waals surface area contributed by atoms with Crippen molar-refractivity contribution >= 4 is 11.9 Å². The molecule has 126 valence electrons. The molecule has 0 amide bonds. The Bertz CT molecular complexity index is 391. The molecule has 0 aromatic heterocycles. The van der Waals surface area contributed by atoms with Crippen LogP contribution in [-0.2, 0) is 19.1 Å². The summed E-state index contributed by atoms with van der Waals surface area (Å²) in [5.74, 6) is -1.44. The number of ether oxygens (including phenoxy) is 2. The first-order chi connectivity index (χ1) is 10.5. The Morgan fingerprint density at radius 2 is 2.18 bits per heavy atom. The number of allylic oxidation sites excluding steroid dienone is 1. The average Bonchev–Trinajstić information content (AvgIpc) is 2.47. The van der Waals surface area contributed by atoms with E-state index in [-0.39, 0.29) is 5.97 Å². The molecule has 1 heterocycles. The monoisotopic (exact) mass is 312 g/mol. The lowest BCUT2D eigenvalue weighted by atomic mass is 9.98. The van der Waals surface area contributed by atoms with Gasteiger partial charge < -0.3 is 14.6 Å². The van der Waals surface area contributed by atoms with Crippen molar-refractivity contribution in [3.8, 4) is 0 Å². The molecule has 5 nitrogen and oxygen atoms in total. The van der Waals surface area contributed by atoms with Crippen LogP contribution in [0.15, 0.2) is 12.2 Å². The first-order valence-corrected chi connectivity index (χ1v) is 8.18. The van der Waals surface area contributed by atoms with E-state index in [1.165, 1.54) is 6.92 Å². The van der Waals surface area contributed by atoms with Crippen LogP contribution in [0.4, 0.5) is 0 Å². The summed E-state index contributed by atoms with van der Waals surface area (Å²) < 4.78 is 10.9. The van der Waals surface area contributed by atoms with Crippen LogP contribution in [0, 0.1) is 5.92 Å². The second-order valence-corrected chi connectivity index (χ2v) is 5.90. The average molecular weight is 312 g/mol. The summed E-state index contributed by atoms with van der Waals surface area (Å²) in [6.07, 6.45) is 6.68. The Balaban J connectivity index is 2.86. The lowest BCUT2D eigenvalue weighted by Gasteiger charge is -2.29. The number of cyclic esters (lactones) is 1. The van der Waals surface area contributed by atoms with E-state index >= 15 is 0 Å². The van der Waals surface area contributed by atoms with E-state index in [9.17, 15) is 14.7 Å². The number of hydrogen-bond donors (Lipinski definition) is 1. The molecule has 0 aliphatic carbocycles. The number of carbonyl (C=O) groups excluding carboxylic acids is 2. The zero-order valence-corrected chi connectivity index (χ0v) is 13.8. The van der Waals surface area contributed by atoms with Crippen molar-refractivity contribution in [1.29, 1.82) is 0 Å². The van der Waals surface area contributed by atoms with Crippen LogP contribution in [0.2, 0.25) is 0 Å². The van der Waals surface area contributed by atoms with Crippen LogP contribution in [0.25, 0.3) is 0 Å². The Morgan fingerprint density at radius 1 is 1.45 bits per heavy atom. The fourth-order valence-electron chi connectivity index (χ4n) is 2.51. The van der Waals surface area contributed by atoms with Gasteiger partial charge in [-0.1, -0.05) is 31.9 Å². The summed E-state index contributed by atoms with van der Waals surface area (Å²) in [5.41, 5.74) is 0. The molecular weight excluding hydrogens is 284 g/mol. The van der Waals surface area contributed by atoms with E-state index in [1.54, 1.807) is 13.0 Å². The van der Waals surface area contributed by atoms with Gasteiger partial charge in [-0.3, -0.25) is 9.59 Å². The summed E-state index contributed by atoms with van der Waals surface area (Å²) in [7, 11) is 0. The van der Waals surface area contributed by atoms with Gasteiger partial charge in [0.2, 0.25) is 0 Å². The number of esters is 2. The molecule has 0 unspecified atom stereocenters. The molecule has 0 spiro atoms. The number of hydrogen-bond acceptors (Lipinski definition) is 5. The molecule has 0 fully saturated rings. The Kier molecular flexibility index (Phi) is 8.17. The maximum absolute atomic E-state index is 12.2. The standard InChI is InChI=1S/C17H28O5/c1-4-5-6-10-16-15(21-13(3)18)11-8-7-9-14(19)12(2)17(20)22-16/h7,9,12,14-16,19H,4-6,8,10-11H2,1-3H3/b9-7-/t12-,14-,15+,16-/m1/s1. The van der Waals surface area contributed by atoms with Crippen molar-refractivity contribution in [3.05, 3.63) is 12.2 Å². The van der Waals surface area contributed by atoms with E-state index < -0.39 is 30.2 Å². The van der Waals surface area contributed by atoms with Gasteiger partial charge in [-0.05, 0) is 32.6 Å². The number of aliphatic hydroxyl groups excluding tert-OH is 1. The van der Waals surface area contributed by atoms with Crippen molar-refractivity contribution in [1.82, 2.24) is 0 Å². The molecule has 0 saturated heterocycles. The smallest absolute Gasteiger partial charge is 0.312 e. The fraction of sp³-hybridized carbons (Fsp3) is 0.765. The predicted molar refractivity (Wildman–Crippen MR) is 83.1 cm³/mol. The highest BCUT2D eigenvalue weighted by molar-refractivity contribution is 5.73. The second kappa shape index (κ2) is 9.62. The van der Waals surface area contributed by atoms with Gasteiger partial charge in [0.1, 0.15) is 12.2 Å². The van der Waals surface area contributed by atoms with E-state index in [1.807, 2.05) is 6.08 Å². The molecular formula is C17H28O5. The molecule has 0 aromatic carbocycles. The summed E-state index contributed by atoms with van der Waals surface area (Å²) in [6.45, 7) is 5.11. The van der Waals surface area contributed by atoms with Crippen LogP contribution in [-0.4, -0.2) is 35.4 Å². The van der Waals surface area contributed by atoms with Crippen LogP contribution in [0.3, 0.4) is 0 Å². The van der Waals surface area contributed by atoms with Crippen molar-refractivity contribution < 1.29 is 24.2 Å². The lowest BCUT2D eigenvalue weighted by molar-refractivity contribution is -0.172. The molecule has 0 aromatic rings. The van der Waals surface area contributed by atoms with Crippen LogP contribution in [0.5, 0.6) is 0 Å². The molecule has 1 rings (SSSR count). The minimum absolute atomic E-state index is 0.365. The van der Waals surface area contributed by atoms with Crippen LogP contribution in [0.1, 0.15) is 59.3 Å². The Labute approximate surface area is 132 Å². The van der Waals surface area contributed by atoms with E-state index in [0.29, 0.717) is 19.3 Å². The molecule has 5 heteroatoms. The highest BCUT2D eigenvalue weighted by Gasteiger charge is 2.31. The number of rotatable bonds is 5. The molecule has 4 atom stereocenters. The second-order valence-electron chi connectivity index (χ2n) is 5.90. The Morgan fingerprint density at radius 3 is 2.82 bits per heavy atom. The number of carbonyl (C=O) groups is 2. The number of unbranched alkanes of at least 4 members (excludes halogenated alkanes) is 2. The van der Waals surface area contributed by atoms with Gasteiger partial charge in [0.25, 0.3) is 0 Å². The van der Waals surface area contributed by atoms with Gasteiger partial charge >= 0.3 is 11.9 Å². The third-order valence-electron chi connectivity index (χ3n) is 3.93. The number of aliphatic hydroxyl groups is 1. The maximum atomic E-state index is 12.2. The predicted octanol–water partition coefficient (Wildman–Crippen LogP) is 2.76. The van der Waals surface area contributed by atoms with Crippen LogP contribution >= 0.6 is 0 Å². The SMILES string of the molecule is CCCCC[C@H]1OC(=O)[C@H](C)[C@H](O)/C=C\CC[C@@H]1OC(C)=O. The molecule has 22 heavy (non-hydrogen) atoms. The largest absolute Gasteiger partial charge is 0.459 e.